The van der Waals surface area contributed by atoms with Gasteiger partial charge in [0.25, 0.3) is 0 Å². The number of halogens is 1. The van der Waals surface area contributed by atoms with Crippen LogP contribution in [0.15, 0.2) is 40.6 Å². The Morgan fingerprint density at radius 1 is 1.37 bits per heavy atom. The number of ether oxygens (including phenoxy) is 2. The molecule has 100 valence electrons. The van der Waals surface area contributed by atoms with E-state index in [2.05, 4.69) is 4.99 Å². The third kappa shape index (κ3) is 4.31. The molecule has 0 fully saturated rings. The van der Waals surface area contributed by atoms with E-state index in [4.69, 9.17) is 26.3 Å². The number of hydrogen-bond donors (Lipinski definition) is 0. The zero-order valence-corrected chi connectivity index (χ0v) is 11.9. The average Bonchev–Trinajstić information content (AvgIpc) is 2.40. The van der Waals surface area contributed by atoms with Crippen LogP contribution in [0.5, 0.6) is 5.75 Å². The molecule has 0 unspecified atom stereocenters. The standard InChI is InChI=1S/C14H15ClN2O2/c1-4-19-10(2)13(9-16)14(15)17-11-5-7-12(18-3)8-6-11/h5-8H,4H2,1-3H3/b13-10+,17-14?. The van der Waals surface area contributed by atoms with Gasteiger partial charge in [-0.3, -0.25) is 0 Å². The number of nitrogens with zero attached hydrogens (tertiary/aromatic N) is 2. The summed E-state index contributed by atoms with van der Waals surface area (Å²) in [4.78, 5) is 4.18. The van der Waals surface area contributed by atoms with Crippen LogP contribution in [-0.2, 0) is 4.74 Å². The Kier molecular flexibility index (Phi) is 5.91. The van der Waals surface area contributed by atoms with Gasteiger partial charge in [-0.15, -0.1) is 0 Å². The second-order valence-corrected chi connectivity index (χ2v) is 3.93. The fourth-order valence-electron chi connectivity index (χ4n) is 1.38. The molecule has 0 N–H and O–H groups in total. The van der Waals surface area contributed by atoms with Crippen molar-refractivity contribution in [2.75, 3.05) is 13.7 Å². The molecule has 5 heteroatoms. The summed E-state index contributed by atoms with van der Waals surface area (Å²) in [5.74, 6) is 1.20. The van der Waals surface area contributed by atoms with Gasteiger partial charge in [0.05, 0.1) is 19.4 Å². The summed E-state index contributed by atoms with van der Waals surface area (Å²) in [6.45, 7) is 4.00. The summed E-state index contributed by atoms with van der Waals surface area (Å²) in [6.07, 6.45) is 0. The number of hydrogen-bond acceptors (Lipinski definition) is 4. The summed E-state index contributed by atoms with van der Waals surface area (Å²) in [6, 6.07) is 9.05. The second kappa shape index (κ2) is 7.45. The van der Waals surface area contributed by atoms with Gasteiger partial charge in [0, 0.05) is 0 Å². The van der Waals surface area contributed by atoms with E-state index in [1.165, 1.54) is 0 Å². The largest absolute Gasteiger partial charge is 0.497 e. The maximum absolute atomic E-state index is 9.08. The van der Waals surface area contributed by atoms with Crippen molar-refractivity contribution < 1.29 is 9.47 Å². The lowest BCUT2D eigenvalue weighted by Crippen LogP contribution is -1.99. The summed E-state index contributed by atoms with van der Waals surface area (Å²) in [5, 5.41) is 9.19. The molecule has 0 aliphatic rings. The van der Waals surface area contributed by atoms with E-state index in [-0.39, 0.29) is 10.7 Å². The van der Waals surface area contributed by atoms with E-state index < -0.39 is 0 Å². The van der Waals surface area contributed by atoms with Crippen LogP contribution < -0.4 is 4.74 Å². The number of aliphatic imine (C=N–C) groups is 1. The first-order valence-corrected chi connectivity index (χ1v) is 6.12. The summed E-state index contributed by atoms with van der Waals surface area (Å²) in [5.41, 5.74) is 0.877. The van der Waals surface area contributed by atoms with Crippen molar-refractivity contribution in [3.05, 3.63) is 35.6 Å². The van der Waals surface area contributed by atoms with Crippen LogP contribution >= 0.6 is 11.6 Å². The highest BCUT2D eigenvalue weighted by Crippen LogP contribution is 2.20. The molecule has 0 heterocycles. The highest BCUT2D eigenvalue weighted by atomic mass is 35.5. The van der Waals surface area contributed by atoms with Crippen molar-refractivity contribution in [2.45, 2.75) is 13.8 Å². The van der Waals surface area contributed by atoms with Crippen LogP contribution in [-0.4, -0.2) is 18.9 Å². The molecule has 1 aromatic carbocycles. The first-order chi connectivity index (χ1) is 9.12. The Labute approximate surface area is 117 Å². The van der Waals surface area contributed by atoms with Gasteiger partial charge in [-0.1, -0.05) is 11.6 Å². The minimum Gasteiger partial charge on any atom is -0.497 e. The fraction of sp³-hybridized carbons (Fsp3) is 0.286. The number of nitriles is 1. The van der Waals surface area contributed by atoms with Gasteiger partial charge in [0.15, 0.2) is 5.17 Å². The number of allylic oxidation sites excluding steroid dienone is 2. The lowest BCUT2D eigenvalue weighted by Gasteiger charge is -2.05. The molecule has 0 spiro atoms. The normalized spacial score (nSPS) is 12.5. The SMILES string of the molecule is CCO/C(C)=C(\C#N)C(Cl)=Nc1ccc(OC)cc1. The van der Waals surface area contributed by atoms with E-state index in [9.17, 15) is 0 Å². The van der Waals surface area contributed by atoms with Crippen molar-refractivity contribution >= 4 is 22.5 Å². The highest BCUT2D eigenvalue weighted by Gasteiger charge is 2.09. The summed E-state index contributed by atoms with van der Waals surface area (Å²) in [7, 11) is 1.59. The first-order valence-electron chi connectivity index (χ1n) is 5.74. The number of rotatable bonds is 5. The lowest BCUT2D eigenvalue weighted by molar-refractivity contribution is 0.230. The van der Waals surface area contributed by atoms with Gasteiger partial charge in [0.2, 0.25) is 0 Å². The minimum atomic E-state index is 0.110. The quantitative estimate of drug-likeness (QED) is 0.468. The van der Waals surface area contributed by atoms with Crippen LogP contribution in [0.4, 0.5) is 5.69 Å². The van der Waals surface area contributed by atoms with Crippen molar-refractivity contribution in [3.8, 4) is 11.8 Å². The third-order valence-electron chi connectivity index (χ3n) is 2.33. The Bertz CT molecular complexity index is 527. The van der Waals surface area contributed by atoms with Gasteiger partial charge in [-0.25, -0.2) is 4.99 Å². The van der Waals surface area contributed by atoms with Crippen LogP contribution in [0.3, 0.4) is 0 Å². The van der Waals surface area contributed by atoms with E-state index in [1.54, 1.807) is 38.3 Å². The lowest BCUT2D eigenvalue weighted by atomic mass is 10.2. The maximum atomic E-state index is 9.08. The molecular formula is C14H15ClN2O2. The zero-order valence-electron chi connectivity index (χ0n) is 11.1. The molecule has 0 saturated carbocycles. The molecule has 0 saturated heterocycles. The average molecular weight is 279 g/mol. The van der Waals surface area contributed by atoms with Crippen molar-refractivity contribution in [1.29, 1.82) is 5.26 Å². The Morgan fingerprint density at radius 3 is 2.47 bits per heavy atom. The van der Waals surface area contributed by atoms with Crippen LogP contribution in [0.25, 0.3) is 0 Å². The number of benzene rings is 1. The summed E-state index contributed by atoms with van der Waals surface area (Å²) < 4.78 is 10.3. The highest BCUT2D eigenvalue weighted by molar-refractivity contribution is 6.70. The molecule has 0 atom stereocenters. The Morgan fingerprint density at radius 2 is 2.00 bits per heavy atom. The second-order valence-electron chi connectivity index (χ2n) is 3.58. The monoisotopic (exact) mass is 278 g/mol. The van der Waals surface area contributed by atoms with Crippen LogP contribution in [0.2, 0.25) is 0 Å². The smallest absolute Gasteiger partial charge is 0.150 e. The van der Waals surface area contributed by atoms with Crippen molar-refractivity contribution in [3.63, 3.8) is 0 Å². The molecule has 0 bridgehead atoms. The Balaban J connectivity index is 3.02. The summed E-state index contributed by atoms with van der Waals surface area (Å²) >= 11 is 6.04. The molecule has 4 nitrogen and oxygen atoms in total. The minimum absolute atomic E-state index is 0.110. The molecule has 0 radical (unpaired) electrons. The van der Waals surface area contributed by atoms with Gasteiger partial charge >= 0.3 is 0 Å². The fourth-order valence-corrected chi connectivity index (χ4v) is 1.66. The predicted molar refractivity (Wildman–Crippen MR) is 75.9 cm³/mol. The van der Waals surface area contributed by atoms with Gasteiger partial charge < -0.3 is 9.47 Å². The van der Waals surface area contributed by atoms with E-state index in [0.717, 1.165) is 5.75 Å². The van der Waals surface area contributed by atoms with Crippen molar-refractivity contribution in [2.24, 2.45) is 4.99 Å². The molecule has 1 aromatic rings. The molecule has 19 heavy (non-hydrogen) atoms. The first kappa shape index (κ1) is 15.1. The molecule has 0 aliphatic heterocycles. The van der Waals surface area contributed by atoms with Gasteiger partial charge in [-0.05, 0) is 38.1 Å². The predicted octanol–water partition coefficient (Wildman–Crippen LogP) is 3.80. The topological polar surface area (TPSA) is 54.6 Å². The van der Waals surface area contributed by atoms with E-state index in [1.807, 2.05) is 13.0 Å². The zero-order chi connectivity index (χ0) is 14.3. The van der Waals surface area contributed by atoms with E-state index >= 15 is 0 Å². The molecular weight excluding hydrogens is 264 g/mol. The van der Waals surface area contributed by atoms with Gasteiger partial charge in [0.1, 0.15) is 23.2 Å². The molecule has 1 rings (SSSR count). The molecule has 0 aromatic heterocycles. The Hall–Kier alpha value is -1.99. The van der Waals surface area contributed by atoms with Crippen LogP contribution in [0, 0.1) is 11.3 Å². The molecule has 0 aliphatic carbocycles. The maximum Gasteiger partial charge on any atom is 0.150 e. The van der Waals surface area contributed by atoms with Crippen molar-refractivity contribution in [1.82, 2.24) is 0 Å². The van der Waals surface area contributed by atoms with Gasteiger partial charge in [-0.2, -0.15) is 5.26 Å². The number of methoxy groups -OCH3 is 1. The van der Waals surface area contributed by atoms with Crippen LogP contribution in [0.1, 0.15) is 13.8 Å². The van der Waals surface area contributed by atoms with E-state index in [0.29, 0.717) is 18.1 Å². The molecule has 0 amide bonds. The third-order valence-corrected chi connectivity index (χ3v) is 2.60.